The first-order valence-electron chi connectivity index (χ1n) is 8.03. The van der Waals surface area contributed by atoms with Crippen molar-refractivity contribution in [1.29, 1.82) is 0 Å². The molecule has 130 valence electrons. The summed E-state index contributed by atoms with van der Waals surface area (Å²) in [4.78, 5) is 23.8. The monoisotopic (exact) mass is 338 g/mol. The van der Waals surface area contributed by atoms with Crippen LogP contribution in [-0.4, -0.2) is 23.5 Å². The summed E-state index contributed by atoms with van der Waals surface area (Å²) in [5.41, 5.74) is 2.42. The third kappa shape index (κ3) is 5.60. The molecular formula is C21H22O4. The molecule has 0 aliphatic rings. The van der Waals surface area contributed by atoms with Gasteiger partial charge in [-0.25, -0.2) is 4.79 Å². The van der Waals surface area contributed by atoms with Gasteiger partial charge in [-0.3, -0.25) is 4.79 Å². The Morgan fingerprint density at radius 3 is 2.16 bits per heavy atom. The smallest absolute Gasteiger partial charge is 0.331 e. The molecule has 0 saturated heterocycles. The number of ketones is 1. The van der Waals surface area contributed by atoms with Gasteiger partial charge >= 0.3 is 5.97 Å². The van der Waals surface area contributed by atoms with Gasteiger partial charge in [0.1, 0.15) is 5.75 Å². The summed E-state index contributed by atoms with van der Waals surface area (Å²) in [5, 5.41) is 9.20. The van der Waals surface area contributed by atoms with Gasteiger partial charge in [0.25, 0.3) is 0 Å². The van der Waals surface area contributed by atoms with E-state index in [-0.39, 0.29) is 23.6 Å². The highest BCUT2D eigenvalue weighted by atomic mass is 16.5. The SMILES string of the molecule is CC(C)(C)c1ccc(C(=O)COC(=O)C=Cc2ccc(O)cc2)cc1. The number of carbonyl (C=O) groups is 2. The number of phenolic OH excluding ortho intramolecular Hbond substituents is 1. The van der Waals surface area contributed by atoms with Crippen LogP contribution in [0.4, 0.5) is 0 Å². The number of ether oxygens (including phenoxy) is 1. The van der Waals surface area contributed by atoms with Crippen molar-refractivity contribution in [3.63, 3.8) is 0 Å². The molecule has 25 heavy (non-hydrogen) atoms. The quantitative estimate of drug-likeness (QED) is 0.506. The van der Waals surface area contributed by atoms with Crippen LogP contribution in [0.5, 0.6) is 5.75 Å². The first kappa shape index (κ1) is 18.5. The van der Waals surface area contributed by atoms with Gasteiger partial charge in [0.15, 0.2) is 12.4 Å². The average molecular weight is 338 g/mol. The van der Waals surface area contributed by atoms with Crippen LogP contribution < -0.4 is 0 Å². The minimum Gasteiger partial charge on any atom is -0.508 e. The minimum atomic E-state index is -0.590. The largest absolute Gasteiger partial charge is 0.508 e. The predicted molar refractivity (Wildman–Crippen MR) is 97.6 cm³/mol. The van der Waals surface area contributed by atoms with Gasteiger partial charge in [-0.05, 0) is 34.8 Å². The van der Waals surface area contributed by atoms with Crippen LogP contribution >= 0.6 is 0 Å². The first-order valence-corrected chi connectivity index (χ1v) is 8.03. The van der Waals surface area contributed by atoms with Gasteiger partial charge in [0.05, 0.1) is 0 Å². The van der Waals surface area contributed by atoms with Crippen molar-refractivity contribution < 1.29 is 19.4 Å². The Balaban J connectivity index is 1.88. The van der Waals surface area contributed by atoms with Crippen molar-refractivity contribution in [1.82, 2.24) is 0 Å². The van der Waals surface area contributed by atoms with Crippen LogP contribution in [0.15, 0.2) is 54.6 Å². The molecule has 0 unspecified atom stereocenters. The van der Waals surface area contributed by atoms with Crippen LogP contribution in [0.2, 0.25) is 0 Å². The molecule has 4 nitrogen and oxygen atoms in total. The fourth-order valence-electron chi connectivity index (χ4n) is 2.17. The molecule has 2 aromatic carbocycles. The summed E-state index contributed by atoms with van der Waals surface area (Å²) in [6.45, 7) is 6.01. The summed E-state index contributed by atoms with van der Waals surface area (Å²) in [6, 6.07) is 13.7. The normalized spacial score (nSPS) is 11.5. The zero-order chi connectivity index (χ0) is 18.4. The van der Waals surface area contributed by atoms with E-state index in [2.05, 4.69) is 20.8 Å². The number of carbonyl (C=O) groups excluding carboxylic acids is 2. The number of hydrogen-bond donors (Lipinski definition) is 1. The molecule has 0 saturated carbocycles. The number of hydrogen-bond acceptors (Lipinski definition) is 4. The molecule has 0 aliphatic heterocycles. The molecule has 0 aromatic heterocycles. The Bertz CT molecular complexity index is 763. The van der Waals surface area contributed by atoms with Crippen LogP contribution in [0.25, 0.3) is 6.08 Å². The minimum absolute atomic E-state index is 0.0209. The Kier molecular flexibility index (Phi) is 5.75. The molecule has 2 rings (SSSR count). The predicted octanol–water partition coefficient (Wildman–Crippen LogP) is 4.13. The molecule has 4 heteroatoms. The summed E-state index contributed by atoms with van der Waals surface area (Å²) < 4.78 is 4.98. The van der Waals surface area contributed by atoms with E-state index in [0.29, 0.717) is 5.56 Å². The summed E-state index contributed by atoms with van der Waals surface area (Å²) >= 11 is 0. The van der Waals surface area contributed by atoms with Crippen molar-refractivity contribution in [3.05, 3.63) is 71.3 Å². The molecule has 2 aromatic rings. The van der Waals surface area contributed by atoms with E-state index in [9.17, 15) is 14.7 Å². The van der Waals surface area contributed by atoms with E-state index in [1.807, 2.05) is 12.1 Å². The molecule has 0 fully saturated rings. The lowest BCUT2D eigenvalue weighted by Gasteiger charge is -2.18. The third-order valence-corrected chi connectivity index (χ3v) is 3.72. The first-order chi connectivity index (χ1) is 11.8. The zero-order valence-corrected chi connectivity index (χ0v) is 14.7. The van der Waals surface area contributed by atoms with Gasteiger partial charge in [-0.2, -0.15) is 0 Å². The molecule has 0 radical (unpaired) electrons. The highest BCUT2D eigenvalue weighted by Gasteiger charge is 2.14. The van der Waals surface area contributed by atoms with Gasteiger partial charge in [0.2, 0.25) is 0 Å². The van der Waals surface area contributed by atoms with Crippen molar-refractivity contribution in [2.75, 3.05) is 6.61 Å². The Morgan fingerprint density at radius 2 is 1.60 bits per heavy atom. The molecule has 0 atom stereocenters. The lowest BCUT2D eigenvalue weighted by molar-refractivity contribution is -0.136. The number of phenols is 1. The van der Waals surface area contributed by atoms with E-state index in [1.54, 1.807) is 30.3 Å². The molecule has 0 amide bonds. The zero-order valence-electron chi connectivity index (χ0n) is 14.7. The van der Waals surface area contributed by atoms with Gasteiger partial charge in [-0.1, -0.05) is 57.2 Å². The highest BCUT2D eigenvalue weighted by Crippen LogP contribution is 2.22. The van der Waals surface area contributed by atoms with Crippen LogP contribution in [0.3, 0.4) is 0 Å². The van der Waals surface area contributed by atoms with Crippen molar-refractivity contribution in [2.45, 2.75) is 26.2 Å². The fourth-order valence-corrected chi connectivity index (χ4v) is 2.17. The van der Waals surface area contributed by atoms with E-state index in [4.69, 9.17) is 4.74 Å². The molecule has 0 spiro atoms. The van der Waals surface area contributed by atoms with E-state index >= 15 is 0 Å². The molecular weight excluding hydrogens is 316 g/mol. The van der Waals surface area contributed by atoms with Crippen LogP contribution in [-0.2, 0) is 14.9 Å². The number of Topliss-reactive ketones (excluding diaryl/α,β-unsaturated/α-hetero) is 1. The van der Waals surface area contributed by atoms with Gasteiger partial charge in [0, 0.05) is 11.6 Å². The number of aromatic hydroxyl groups is 1. The number of benzene rings is 2. The van der Waals surface area contributed by atoms with Gasteiger partial charge in [-0.15, -0.1) is 0 Å². The highest BCUT2D eigenvalue weighted by molar-refractivity contribution is 5.98. The standard InChI is InChI=1S/C21H22O4/c1-21(2,3)17-9-7-16(8-10-17)19(23)14-25-20(24)13-6-15-4-11-18(22)12-5-15/h4-13,22H,14H2,1-3H3. The van der Waals surface area contributed by atoms with E-state index < -0.39 is 5.97 Å². The number of rotatable bonds is 5. The lowest BCUT2D eigenvalue weighted by atomic mass is 9.86. The Labute approximate surface area is 147 Å². The van der Waals surface area contributed by atoms with Crippen molar-refractivity contribution >= 4 is 17.8 Å². The maximum Gasteiger partial charge on any atom is 0.331 e. The van der Waals surface area contributed by atoms with Crippen LogP contribution in [0, 0.1) is 0 Å². The van der Waals surface area contributed by atoms with Crippen molar-refractivity contribution in [3.8, 4) is 5.75 Å². The second kappa shape index (κ2) is 7.79. The summed E-state index contributed by atoms with van der Waals surface area (Å²) in [7, 11) is 0. The maximum absolute atomic E-state index is 12.1. The second-order valence-electron chi connectivity index (χ2n) is 6.78. The molecule has 0 aliphatic carbocycles. The third-order valence-electron chi connectivity index (χ3n) is 3.72. The Morgan fingerprint density at radius 1 is 1.00 bits per heavy atom. The molecule has 1 N–H and O–H groups in total. The van der Waals surface area contributed by atoms with E-state index in [1.165, 1.54) is 18.2 Å². The average Bonchev–Trinajstić information content (AvgIpc) is 2.58. The maximum atomic E-state index is 12.1. The summed E-state index contributed by atoms with van der Waals surface area (Å²) in [5.74, 6) is -0.678. The van der Waals surface area contributed by atoms with Gasteiger partial charge < -0.3 is 9.84 Å². The second-order valence-corrected chi connectivity index (χ2v) is 6.78. The number of esters is 1. The van der Waals surface area contributed by atoms with E-state index in [0.717, 1.165) is 11.1 Å². The lowest BCUT2D eigenvalue weighted by Crippen LogP contribution is -2.14. The molecule has 0 bridgehead atoms. The van der Waals surface area contributed by atoms with Crippen molar-refractivity contribution in [2.24, 2.45) is 0 Å². The Hall–Kier alpha value is -2.88. The molecule has 0 heterocycles. The fraction of sp³-hybridized carbons (Fsp3) is 0.238. The topological polar surface area (TPSA) is 63.6 Å². The van der Waals surface area contributed by atoms with Crippen LogP contribution in [0.1, 0.15) is 42.3 Å². The summed E-state index contributed by atoms with van der Waals surface area (Å²) in [6.07, 6.45) is 2.81.